The van der Waals surface area contributed by atoms with Crippen LogP contribution in [0.3, 0.4) is 0 Å². The van der Waals surface area contributed by atoms with Crippen molar-refractivity contribution in [3.8, 4) is 22.9 Å². The molecule has 35 heavy (non-hydrogen) atoms. The Bertz CT molecular complexity index is 1660. The van der Waals surface area contributed by atoms with Crippen molar-refractivity contribution in [2.45, 2.75) is 26.0 Å². The summed E-state index contributed by atoms with van der Waals surface area (Å²) in [5.74, 6) is 1.58. The topological polar surface area (TPSA) is 98.5 Å². The molecule has 174 valence electrons. The first-order valence-corrected chi connectivity index (χ1v) is 11.9. The molecule has 8 heteroatoms. The number of morpholine rings is 1. The molecule has 2 unspecified atom stereocenters. The van der Waals surface area contributed by atoms with Crippen molar-refractivity contribution in [1.82, 2.24) is 30.1 Å². The number of hydrogen-bond acceptors (Lipinski definition) is 5. The third kappa shape index (κ3) is 3.37. The van der Waals surface area contributed by atoms with Gasteiger partial charge >= 0.3 is 0 Å². The summed E-state index contributed by atoms with van der Waals surface area (Å²) in [6.45, 7) is 5.93. The fourth-order valence-corrected chi connectivity index (χ4v) is 4.98. The summed E-state index contributed by atoms with van der Waals surface area (Å²) in [5, 5.41) is 8.74. The molecule has 4 heterocycles. The van der Waals surface area contributed by atoms with Gasteiger partial charge in [0.2, 0.25) is 0 Å². The van der Waals surface area contributed by atoms with Gasteiger partial charge in [-0.2, -0.15) is 5.10 Å². The number of aromatic amines is 3. The van der Waals surface area contributed by atoms with E-state index in [2.05, 4.69) is 69.2 Å². The highest BCUT2D eigenvalue weighted by molar-refractivity contribution is 5.96. The Morgan fingerprint density at radius 1 is 0.857 bits per heavy atom. The van der Waals surface area contributed by atoms with E-state index in [-0.39, 0.29) is 6.10 Å². The van der Waals surface area contributed by atoms with Gasteiger partial charge in [-0.3, -0.25) is 5.10 Å². The number of fused-ring (bicyclic) bond motifs is 3. The maximum Gasteiger partial charge on any atom is 0.159 e. The molecule has 3 N–H and O–H groups in total. The second-order valence-corrected chi connectivity index (χ2v) is 9.37. The number of para-hydroxylation sites is 2. The molecule has 0 aliphatic carbocycles. The Morgan fingerprint density at radius 2 is 1.69 bits per heavy atom. The highest BCUT2D eigenvalue weighted by Gasteiger charge is 2.24. The van der Waals surface area contributed by atoms with Crippen LogP contribution >= 0.6 is 0 Å². The van der Waals surface area contributed by atoms with E-state index in [1.165, 1.54) is 5.69 Å². The number of nitrogens with zero attached hydrogens (tertiary/aromatic N) is 4. The lowest BCUT2D eigenvalue weighted by Gasteiger charge is -2.38. The van der Waals surface area contributed by atoms with Gasteiger partial charge in [0.05, 0.1) is 40.3 Å². The number of rotatable bonds is 3. The summed E-state index contributed by atoms with van der Waals surface area (Å²) >= 11 is 0. The zero-order chi connectivity index (χ0) is 23.5. The SMILES string of the molecule is CC1CN(c2ccc3nc(-c4n[nH]c5ccc(-c6nc7ccccc7[nH]6)cc45)[nH]c3c2)C(C)CO1. The van der Waals surface area contributed by atoms with Crippen LogP contribution in [0.4, 0.5) is 5.69 Å². The lowest BCUT2D eigenvalue weighted by Crippen LogP contribution is -2.47. The van der Waals surface area contributed by atoms with Gasteiger partial charge in [-0.05, 0) is 62.4 Å². The molecular formula is C27H25N7O. The number of benzene rings is 3. The fourth-order valence-electron chi connectivity index (χ4n) is 4.98. The van der Waals surface area contributed by atoms with Crippen molar-refractivity contribution in [2.24, 2.45) is 0 Å². The molecule has 1 aliphatic rings. The molecule has 3 aromatic heterocycles. The van der Waals surface area contributed by atoms with E-state index in [9.17, 15) is 0 Å². The van der Waals surface area contributed by atoms with E-state index in [4.69, 9.17) is 14.7 Å². The predicted octanol–water partition coefficient (Wildman–Crippen LogP) is 5.26. The first kappa shape index (κ1) is 20.2. The average molecular weight is 464 g/mol. The quantitative estimate of drug-likeness (QED) is 0.332. The molecule has 1 fully saturated rings. The molecule has 0 bridgehead atoms. The minimum absolute atomic E-state index is 0.218. The van der Waals surface area contributed by atoms with E-state index in [0.29, 0.717) is 6.04 Å². The first-order chi connectivity index (χ1) is 17.1. The third-order valence-corrected chi connectivity index (χ3v) is 6.85. The molecule has 7 rings (SSSR count). The zero-order valence-electron chi connectivity index (χ0n) is 19.5. The summed E-state index contributed by atoms with van der Waals surface area (Å²) in [7, 11) is 0. The minimum atomic E-state index is 0.218. The number of nitrogens with one attached hydrogen (secondary N) is 3. The molecular weight excluding hydrogens is 438 g/mol. The number of H-pyrrole nitrogens is 3. The number of imidazole rings is 2. The van der Waals surface area contributed by atoms with Gasteiger partial charge in [-0.15, -0.1) is 0 Å². The van der Waals surface area contributed by atoms with Crippen molar-refractivity contribution < 1.29 is 4.74 Å². The summed E-state index contributed by atoms with van der Waals surface area (Å²) in [4.78, 5) is 18.9. The molecule has 8 nitrogen and oxygen atoms in total. The third-order valence-electron chi connectivity index (χ3n) is 6.85. The largest absolute Gasteiger partial charge is 0.375 e. The van der Waals surface area contributed by atoms with E-state index in [1.807, 2.05) is 30.3 Å². The van der Waals surface area contributed by atoms with Gasteiger partial charge in [-0.1, -0.05) is 12.1 Å². The molecule has 0 saturated carbocycles. The highest BCUT2D eigenvalue weighted by Crippen LogP contribution is 2.32. The van der Waals surface area contributed by atoms with Crippen LogP contribution in [0.25, 0.3) is 55.9 Å². The maximum absolute atomic E-state index is 5.80. The lowest BCUT2D eigenvalue weighted by atomic mass is 10.1. The standard InChI is InChI=1S/C27H25N7O/c1-15-14-35-16(2)13-34(15)18-8-10-23-24(12-18)31-27(30-23)25-19-11-17(7-9-20(19)32-33-25)26-28-21-5-3-4-6-22(21)29-26/h3-12,15-16H,13-14H2,1-2H3,(H,28,29)(H,30,31)(H,32,33). The van der Waals surface area contributed by atoms with Crippen molar-refractivity contribution in [3.63, 3.8) is 0 Å². The van der Waals surface area contributed by atoms with Crippen LogP contribution in [-0.4, -0.2) is 55.4 Å². The Kier molecular flexibility index (Phi) is 4.44. The van der Waals surface area contributed by atoms with Crippen molar-refractivity contribution in [1.29, 1.82) is 0 Å². The molecule has 6 aromatic rings. The summed E-state index contributed by atoms with van der Waals surface area (Å²) < 4.78 is 5.80. The first-order valence-electron chi connectivity index (χ1n) is 11.9. The van der Waals surface area contributed by atoms with Crippen molar-refractivity contribution in [2.75, 3.05) is 18.1 Å². The minimum Gasteiger partial charge on any atom is -0.375 e. The molecule has 0 amide bonds. The van der Waals surface area contributed by atoms with Crippen LogP contribution in [0.1, 0.15) is 13.8 Å². The van der Waals surface area contributed by atoms with Gasteiger partial charge in [0.25, 0.3) is 0 Å². The van der Waals surface area contributed by atoms with E-state index < -0.39 is 0 Å². The number of hydrogen-bond donors (Lipinski definition) is 3. The second kappa shape index (κ2) is 7.68. The Hall–Kier alpha value is -4.17. The van der Waals surface area contributed by atoms with Gasteiger partial charge in [-0.25, -0.2) is 9.97 Å². The second-order valence-electron chi connectivity index (χ2n) is 9.37. The molecule has 1 aliphatic heterocycles. The monoisotopic (exact) mass is 463 g/mol. The molecule has 3 aromatic carbocycles. The molecule has 2 atom stereocenters. The van der Waals surface area contributed by atoms with Crippen LogP contribution in [0.15, 0.2) is 60.7 Å². The maximum atomic E-state index is 5.80. The summed E-state index contributed by atoms with van der Waals surface area (Å²) in [6, 6.07) is 21.0. The van der Waals surface area contributed by atoms with Crippen molar-refractivity contribution >= 4 is 38.7 Å². The van der Waals surface area contributed by atoms with Gasteiger partial charge < -0.3 is 19.6 Å². The molecule has 1 saturated heterocycles. The zero-order valence-corrected chi connectivity index (χ0v) is 19.5. The molecule has 0 spiro atoms. The van der Waals surface area contributed by atoms with Gasteiger partial charge in [0.1, 0.15) is 11.5 Å². The van der Waals surface area contributed by atoms with Crippen LogP contribution in [0.5, 0.6) is 0 Å². The summed E-state index contributed by atoms with van der Waals surface area (Å²) in [5.41, 5.74) is 7.82. The van der Waals surface area contributed by atoms with Crippen molar-refractivity contribution in [3.05, 3.63) is 60.7 Å². The number of ether oxygens (including phenoxy) is 1. The van der Waals surface area contributed by atoms with E-state index >= 15 is 0 Å². The summed E-state index contributed by atoms with van der Waals surface area (Å²) in [6.07, 6.45) is 0.218. The van der Waals surface area contributed by atoms with Crippen LogP contribution in [0.2, 0.25) is 0 Å². The van der Waals surface area contributed by atoms with Crippen LogP contribution in [0, 0.1) is 0 Å². The highest BCUT2D eigenvalue weighted by atomic mass is 16.5. The number of anilines is 1. The van der Waals surface area contributed by atoms with Crippen LogP contribution in [-0.2, 0) is 4.74 Å². The van der Waals surface area contributed by atoms with Crippen LogP contribution < -0.4 is 4.90 Å². The smallest absolute Gasteiger partial charge is 0.159 e. The lowest BCUT2D eigenvalue weighted by molar-refractivity contribution is 0.0344. The van der Waals surface area contributed by atoms with Gasteiger partial charge in [0.15, 0.2) is 5.82 Å². The van der Waals surface area contributed by atoms with E-state index in [1.54, 1.807) is 0 Å². The Balaban J connectivity index is 1.28. The fraction of sp³-hybridized carbons (Fsp3) is 0.222. The van der Waals surface area contributed by atoms with Gasteiger partial charge in [0, 0.05) is 29.2 Å². The molecule has 0 radical (unpaired) electrons. The predicted molar refractivity (Wildman–Crippen MR) is 138 cm³/mol. The number of aromatic nitrogens is 6. The Labute approximate surface area is 201 Å². The van der Waals surface area contributed by atoms with E-state index in [0.717, 1.165) is 69.0 Å². The average Bonchev–Trinajstić information content (AvgIpc) is 3.60. The Morgan fingerprint density at radius 3 is 2.60 bits per heavy atom. The normalized spacial score (nSPS) is 18.7.